The normalized spacial score (nSPS) is 11.3. The molecule has 0 aliphatic rings. The van der Waals surface area contributed by atoms with E-state index in [2.05, 4.69) is 38.3 Å². The number of rotatable bonds is 5. The van der Waals surface area contributed by atoms with Gasteiger partial charge in [-0.3, -0.25) is 4.79 Å². The minimum absolute atomic E-state index is 0.000559. The minimum Gasteiger partial charge on any atom is -0.480 e. The summed E-state index contributed by atoms with van der Waals surface area (Å²) < 4.78 is 0. The number of urea groups is 1. The monoisotopic (exact) mass is 216 g/mol. The lowest BCUT2D eigenvalue weighted by Crippen LogP contribution is -2.43. The van der Waals surface area contributed by atoms with E-state index in [4.69, 9.17) is 5.11 Å². The standard InChI is InChI=1S/C10H20N2O3/c1-7(2)10(3,4)6-12-9(15)11-5-8(13)14/h7H,5-6H2,1-4H3,(H,13,14)(H2,11,12,15). The molecule has 0 heterocycles. The van der Waals surface area contributed by atoms with Gasteiger partial charge in [-0.2, -0.15) is 0 Å². The number of carboxylic acid groups (broad SMARTS) is 1. The molecule has 0 spiro atoms. The lowest BCUT2D eigenvalue weighted by molar-refractivity contribution is -0.135. The van der Waals surface area contributed by atoms with Gasteiger partial charge in [0.2, 0.25) is 0 Å². The predicted octanol–water partition coefficient (Wildman–Crippen LogP) is 1.05. The molecule has 0 unspecified atom stereocenters. The first-order valence-corrected chi connectivity index (χ1v) is 4.99. The first-order valence-electron chi connectivity index (χ1n) is 4.99. The van der Waals surface area contributed by atoms with Gasteiger partial charge in [0.05, 0.1) is 0 Å². The second-order valence-corrected chi connectivity index (χ2v) is 4.57. The molecule has 0 aliphatic heterocycles. The van der Waals surface area contributed by atoms with E-state index < -0.39 is 12.0 Å². The minimum atomic E-state index is -1.05. The van der Waals surface area contributed by atoms with Crippen LogP contribution in [-0.2, 0) is 4.79 Å². The van der Waals surface area contributed by atoms with Gasteiger partial charge in [-0.05, 0) is 11.3 Å². The summed E-state index contributed by atoms with van der Waals surface area (Å²) in [6.07, 6.45) is 0. The molecule has 0 saturated carbocycles. The molecule has 5 heteroatoms. The maximum absolute atomic E-state index is 11.1. The van der Waals surface area contributed by atoms with E-state index in [1.807, 2.05) is 0 Å². The predicted molar refractivity (Wildman–Crippen MR) is 57.7 cm³/mol. The molecule has 0 saturated heterocycles. The summed E-state index contributed by atoms with van der Waals surface area (Å²) in [7, 11) is 0. The van der Waals surface area contributed by atoms with Gasteiger partial charge >= 0.3 is 12.0 Å². The highest BCUT2D eigenvalue weighted by Gasteiger charge is 2.22. The Morgan fingerprint density at radius 3 is 2.20 bits per heavy atom. The Morgan fingerprint density at radius 2 is 1.80 bits per heavy atom. The molecular weight excluding hydrogens is 196 g/mol. The van der Waals surface area contributed by atoms with Gasteiger partial charge in [-0.25, -0.2) is 4.79 Å². The van der Waals surface area contributed by atoms with Gasteiger partial charge in [0.25, 0.3) is 0 Å². The van der Waals surface area contributed by atoms with Crippen molar-refractivity contribution in [1.82, 2.24) is 10.6 Å². The molecule has 0 aliphatic carbocycles. The summed E-state index contributed by atoms with van der Waals surface area (Å²) in [5, 5.41) is 13.2. The second kappa shape index (κ2) is 5.58. The van der Waals surface area contributed by atoms with Gasteiger partial charge in [0.1, 0.15) is 6.54 Å². The first-order chi connectivity index (χ1) is 6.75. The fourth-order valence-electron chi connectivity index (χ4n) is 0.731. The second-order valence-electron chi connectivity index (χ2n) is 4.57. The van der Waals surface area contributed by atoms with E-state index in [9.17, 15) is 9.59 Å². The van der Waals surface area contributed by atoms with Crippen molar-refractivity contribution in [3.8, 4) is 0 Å². The average molecular weight is 216 g/mol. The fraction of sp³-hybridized carbons (Fsp3) is 0.800. The zero-order chi connectivity index (χ0) is 12.1. The Bertz CT molecular complexity index is 237. The topological polar surface area (TPSA) is 78.4 Å². The van der Waals surface area contributed by atoms with Crippen LogP contribution in [0.5, 0.6) is 0 Å². The quantitative estimate of drug-likeness (QED) is 0.642. The Labute approximate surface area is 90.2 Å². The van der Waals surface area contributed by atoms with Crippen molar-refractivity contribution in [2.75, 3.05) is 13.1 Å². The molecule has 0 rings (SSSR count). The molecule has 0 bridgehead atoms. The van der Waals surface area contributed by atoms with Crippen molar-refractivity contribution < 1.29 is 14.7 Å². The summed E-state index contributed by atoms with van der Waals surface area (Å²) >= 11 is 0. The van der Waals surface area contributed by atoms with Crippen molar-refractivity contribution in [2.45, 2.75) is 27.7 Å². The van der Waals surface area contributed by atoms with Gasteiger partial charge in [-0.1, -0.05) is 27.7 Å². The van der Waals surface area contributed by atoms with Crippen molar-refractivity contribution in [2.24, 2.45) is 11.3 Å². The zero-order valence-electron chi connectivity index (χ0n) is 9.76. The van der Waals surface area contributed by atoms with Crippen LogP contribution in [0.2, 0.25) is 0 Å². The molecule has 0 aromatic carbocycles. The summed E-state index contributed by atoms with van der Waals surface area (Å²) in [4.78, 5) is 21.3. The van der Waals surface area contributed by atoms with E-state index in [1.165, 1.54) is 0 Å². The van der Waals surface area contributed by atoms with Crippen LogP contribution in [0.3, 0.4) is 0 Å². The molecule has 0 atom stereocenters. The number of carbonyl (C=O) groups is 2. The number of carboxylic acids is 1. The summed E-state index contributed by atoms with van der Waals surface area (Å²) in [5.41, 5.74) is 0.000559. The van der Waals surface area contributed by atoms with Crippen LogP contribution in [0.1, 0.15) is 27.7 Å². The number of aliphatic carboxylic acids is 1. The average Bonchev–Trinajstić information content (AvgIpc) is 2.11. The third kappa shape index (κ3) is 5.93. The maximum atomic E-state index is 11.1. The van der Waals surface area contributed by atoms with Crippen LogP contribution in [0.25, 0.3) is 0 Å². The van der Waals surface area contributed by atoms with E-state index >= 15 is 0 Å². The molecular formula is C10H20N2O3. The van der Waals surface area contributed by atoms with Crippen LogP contribution in [0.4, 0.5) is 4.79 Å². The van der Waals surface area contributed by atoms with Crippen LogP contribution in [0, 0.1) is 11.3 Å². The van der Waals surface area contributed by atoms with E-state index in [1.54, 1.807) is 0 Å². The Morgan fingerprint density at radius 1 is 1.27 bits per heavy atom. The van der Waals surface area contributed by atoms with Crippen molar-refractivity contribution >= 4 is 12.0 Å². The Kier molecular flexibility index (Phi) is 5.11. The third-order valence-electron chi connectivity index (χ3n) is 2.67. The SMILES string of the molecule is CC(C)C(C)(C)CNC(=O)NCC(=O)O. The van der Waals surface area contributed by atoms with Crippen LogP contribution in [0.15, 0.2) is 0 Å². The molecule has 0 aromatic heterocycles. The van der Waals surface area contributed by atoms with Crippen LogP contribution in [-0.4, -0.2) is 30.2 Å². The van der Waals surface area contributed by atoms with Gasteiger partial charge in [-0.15, -0.1) is 0 Å². The highest BCUT2D eigenvalue weighted by molar-refractivity contribution is 5.79. The Balaban J connectivity index is 3.85. The van der Waals surface area contributed by atoms with E-state index in [0.29, 0.717) is 12.5 Å². The number of hydrogen-bond donors (Lipinski definition) is 3. The summed E-state index contributed by atoms with van der Waals surface area (Å²) in [5.74, 6) is -0.606. The van der Waals surface area contributed by atoms with E-state index in [0.717, 1.165) is 0 Å². The fourth-order valence-corrected chi connectivity index (χ4v) is 0.731. The van der Waals surface area contributed by atoms with Crippen LogP contribution < -0.4 is 10.6 Å². The zero-order valence-corrected chi connectivity index (χ0v) is 9.76. The lowest BCUT2D eigenvalue weighted by Gasteiger charge is -2.29. The van der Waals surface area contributed by atoms with Crippen molar-refractivity contribution in [3.63, 3.8) is 0 Å². The number of carbonyl (C=O) groups excluding carboxylic acids is 1. The van der Waals surface area contributed by atoms with Crippen molar-refractivity contribution in [3.05, 3.63) is 0 Å². The molecule has 0 aromatic rings. The lowest BCUT2D eigenvalue weighted by atomic mass is 9.81. The number of nitrogens with one attached hydrogen (secondary N) is 2. The van der Waals surface area contributed by atoms with Gasteiger partial charge < -0.3 is 15.7 Å². The molecule has 2 amide bonds. The van der Waals surface area contributed by atoms with E-state index in [-0.39, 0.29) is 12.0 Å². The molecule has 0 fully saturated rings. The number of hydrogen-bond acceptors (Lipinski definition) is 2. The highest BCUT2D eigenvalue weighted by atomic mass is 16.4. The molecule has 15 heavy (non-hydrogen) atoms. The summed E-state index contributed by atoms with van der Waals surface area (Å²) in [6.45, 7) is 8.43. The third-order valence-corrected chi connectivity index (χ3v) is 2.67. The summed E-state index contributed by atoms with van der Waals surface area (Å²) in [6, 6.07) is -0.439. The largest absolute Gasteiger partial charge is 0.480 e. The molecule has 5 nitrogen and oxygen atoms in total. The van der Waals surface area contributed by atoms with Gasteiger partial charge in [0.15, 0.2) is 0 Å². The first kappa shape index (κ1) is 13.7. The molecule has 0 radical (unpaired) electrons. The highest BCUT2D eigenvalue weighted by Crippen LogP contribution is 2.24. The van der Waals surface area contributed by atoms with Crippen molar-refractivity contribution in [1.29, 1.82) is 0 Å². The Hall–Kier alpha value is -1.26. The smallest absolute Gasteiger partial charge is 0.323 e. The molecule has 88 valence electrons. The number of amides is 2. The molecule has 3 N–H and O–H groups in total. The van der Waals surface area contributed by atoms with Gasteiger partial charge in [0, 0.05) is 6.54 Å². The maximum Gasteiger partial charge on any atom is 0.323 e. The van der Waals surface area contributed by atoms with Crippen LogP contribution >= 0.6 is 0 Å².